The Kier molecular flexibility index (Phi) is 6.89. The fraction of sp³-hybridized carbons (Fsp3) is 0.364. The van der Waals surface area contributed by atoms with Crippen LogP contribution in [0.25, 0.3) is 0 Å². The SMILES string of the molecule is N=C(/C=C(\O)Nc1cc(N[C@@H]2CCCC[C@@H]2N)c(F)cc1C(N)=O)C1C=CC=CC1. The number of aliphatic hydroxyl groups is 1. The highest BCUT2D eigenvalue weighted by atomic mass is 19.1. The fourth-order valence-electron chi connectivity index (χ4n) is 3.77. The molecule has 2 aliphatic rings. The molecule has 0 spiro atoms. The summed E-state index contributed by atoms with van der Waals surface area (Å²) < 4.78 is 14.6. The van der Waals surface area contributed by atoms with Crippen LogP contribution in [-0.4, -0.2) is 28.8 Å². The predicted molar refractivity (Wildman–Crippen MR) is 117 cm³/mol. The van der Waals surface area contributed by atoms with Gasteiger partial charge in [-0.15, -0.1) is 0 Å². The summed E-state index contributed by atoms with van der Waals surface area (Å²) in [5.41, 5.74) is 12.0. The van der Waals surface area contributed by atoms with Crippen LogP contribution in [0.2, 0.25) is 0 Å². The van der Waals surface area contributed by atoms with E-state index in [4.69, 9.17) is 16.9 Å². The van der Waals surface area contributed by atoms with Crippen LogP contribution in [0.3, 0.4) is 0 Å². The minimum atomic E-state index is -0.833. The summed E-state index contributed by atoms with van der Waals surface area (Å²) >= 11 is 0. The van der Waals surface area contributed by atoms with Crippen molar-refractivity contribution in [2.24, 2.45) is 17.4 Å². The maximum absolute atomic E-state index is 14.6. The zero-order chi connectivity index (χ0) is 21.7. The average molecular weight is 413 g/mol. The molecule has 1 aromatic rings. The summed E-state index contributed by atoms with van der Waals surface area (Å²) in [7, 11) is 0. The first-order valence-corrected chi connectivity index (χ1v) is 10.1. The Bertz CT molecular complexity index is 909. The van der Waals surface area contributed by atoms with Gasteiger partial charge in [-0.3, -0.25) is 4.79 Å². The molecule has 3 rings (SSSR count). The van der Waals surface area contributed by atoms with Gasteiger partial charge in [-0.1, -0.05) is 37.1 Å². The van der Waals surface area contributed by atoms with Crippen LogP contribution >= 0.6 is 0 Å². The molecule has 0 bridgehead atoms. The van der Waals surface area contributed by atoms with Gasteiger partial charge in [0.15, 0.2) is 5.88 Å². The Hall–Kier alpha value is -3.13. The van der Waals surface area contributed by atoms with Gasteiger partial charge < -0.3 is 32.6 Å². The Balaban J connectivity index is 1.81. The van der Waals surface area contributed by atoms with E-state index in [1.165, 1.54) is 12.1 Å². The molecule has 0 radical (unpaired) electrons. The molecule has 1 unspecified atom stereocenters. The third-order valence-electron chi connectivity index (χ3n) is 5.47. The van der Waals surface area contributed by atoms with Crippen molar-refractivity contribution in [3.8, 4) is 0 Å². The molecule has 1 fully saturated rings. The number of halogens is 1. The van der Waals surface area contributed by atoms with Gasteiger partial charge in [0.05, 0.1) is 16.9 Å². The van der Waals surface area contributed by atoms with Gasteiger partial charge in [-0.25, -0.2) is 4.39 Å². The molecule has 1 saturated carbocycles. The molecule has 30 heavy (non-hydrogen) atoms. The summed E-state index contributed by atoms with van der Waals surface area (Å²) in [6.45, 7) is 0. The molecule has 1 amide bonds. The van der Waals surface area contributed by atoms with E-state index in [2.05, 4.69) is 10.6 Å². The lowest BCUT2D eigenvalue weighted by Gasteiger charge is -2.30. The number of nitrogens with two attached hydrogens (primary N) is 2. The molecule has 0 heterocycles. The second-order valence-corrected chi connectivity index (χ2v) is 7.71. The number of anilines is 2. The lowest BCUT2D eigenvalue weighted by molar-refractivity contribution is 0.100. The standard InChI is InChI=1S/C22H28FN5O2/c23-15-10-14(22(26)30)19(12-20(15)27-18-9-5-4-8-16(18)24)28-21(29)11-17(25)13-6-2-1-3-7-13/h1-3,6,10-13,16,18,25,27-29H,4-5,7-9,24H2,(H2,26,30)/b21-11-,25-17?/t13?,16-,18+/m0/s1. The number of carbonyl (C=O) groups is 1. The molecule has 0 aliphatic heterocycles. The van der Waals surface area contributed by atoms with Crippen LogP contribution in [0.15, 0.2) is 48.4 Å². The number of aliphatic hydroxyl groups excluding tert-OH is 1. The van der Waals surface area contributed by atoms with E-state index in [1.807, 2.05) is 24.3 Å². The van der Waals surface area contributed by atoms with E-state index >= 15 is 0 Å². The van der Waals surface area contributed by atoms with Crippen molar-refractivity contribution in [1.29, 1.82) is 5.41 Å². The number of nitrogens with one attached hydrogen (secondary N) is 3. The molecular weight excluding hydrogens is 385 g/mol. The van der Waals surface area contributed by atoms with Gasteiger partial charge >= 0.3 is 0 Å². The third kappa shape index (κ3) is 5.27. The zero-order valence-electron chi connectivity index (χ0n) is 16.7. The average Bonchev–Trinajstić information content (AvgIpc) is 2.72. The Labute approximate surface area is 175 Å². The Morgan fingerprint density at radius 3 is 2.67 bits per heavy atom. The molecule has 2 aliphatic carbocycles. The minimum Gasteiger partial charge on any atom is -0.495 e. The van der Waals surface area contributed by atoms with Gasteiger partial charge in [0, 0.05) is 29.8 Å². The monoisotopic (exact) mass is 413 g/mol. The number of hydrogen-bond acceptors (Lipinski definition) is 6. The summed E-state index contributed by atoms with van der Waals surface area (Å²) in [4.78, 5) is 11.8. The van der Waals surface area contributed by atoms with Crippen LogP contribution < -0.4 is 22.1 Å². The predicted octanol–water partition coefficient (Wildman–Crippen LogP) is 3.57. The lowest BCUT2D eigenvalue weighted by Crippen LogP contribution is -2.42. The number of benzene rings is 1. The maximum atomic E-state index is 14.6. The van der Waals surface area contributed by atoms with E-state index in [0.29, 0.717) is 6.42 Å². The third-order valence-corrected chi connectivity index (χ3v) is 5.47. The second kappa shape index (κ2) is 9.58. The van der Waals surface area contributed by atoms with Gasteiger partial charge in [0.25, 0.3) is 5.91 Å². The second-order valence-electron chi connectivity index (χ2n) is 7.71. The first-order valence-electron chi connectivity index (χ1n) is 10.1. The smallest absolute Gasteiger partial charge is 0.250 e. The van der Waals surface area contributed by atoms with Crippen LogP contribution in [-0.2, 0) is 0 Å². The molecule has 8 heteroatoms. The molecule has 160 valence electrons. The van der Waals surface area contributed by atoms with Crippen LogP contribution in [0.1, 0.15) is 42.5 Å². The highest BCUT2D eigenvalue weighted by molar-refractivity contribution is 6.00. The summed E-state index contributed by atoms with van der Waals surface area (Å²) in [5.74, 6) is -1.94. The molecule has 3 atom stereocenters. The largest absolute Gasteiger partial charge is 0.495 e. The minimum absolute atomic E-state index is 0.0796. The quantitative estimate of drug-likeness (QED) is 0.300. The van der Waals surface area contributed by atoms with Crippen molar-refractivity contribution in [3.63, 3.8) is 0 Å². The van der Waals surface area contributed by atoms with Crippen molar-refractivity contribution in [1.82, 2.24) is 0 Å². The Morgan fingerprint density at radius 2 is 2.00 bits per heavy atom. The zero-order valence-corrected chi connectivity index (χ0v) is 16.7. The van der Waals surface area contributed by atoms with E-state index in [-0.39, 0.29) is 46.5 Å². The summed E-state index contributed by atoms with van der Waals surface area (Å²) in [6, 6.07) is 2.27. The van der Waals surface area contributed by atoms with Gasteiger partial charge in [-0.2, -0.15) is 0 Å². The number of hydrogen-bond donors (Lipinski definition) is 6. The Morgan fingerprint density at radius 1 is 1.23 bits per heavy atom. The van der Waals surface area contributed by atoms with Gasteiger partial charge in [0.2, 0.25) is 0 Å². The normalized spacial score (nSPS) is 23.8. The summed E-state index contributed by atoms with van der Waals surface area (Å²) in [5, 5.41) is 24.3. The lowest BCUT2D eigenvalue weighted by atomic mass is 9.91. The van der Waals surface area contributed by atoms with Crippen LogP contribution in [0.5, 0.6) is 0 Å². The highest BCUT2D eigenvalue weighted by Crippen LogP contribution is 2.28. The summed E-state index contributed by atoms with van der Waals surface area (Å²) in [6.07, 6.45) is 13.2. The molecule has 0 aromatic heterocycles. The number of carbonyl (C=O) groups excluding carboxylic acids is 1. The van der Waals surface area contributed by atoms with E-state index in [0.717, 1.165) is 31.7 Å². The number of rotatable bonds is 7. The number of primary amides is 1. The van der Waals surface area contributed by atoms with Crippen LogP contribution in [0, 0.1) is 17.1 Å². The first kappa shape index (κ1) is 21.6. The first-order chi connectivity index (χ1) is 14.3. The van der Waals surface area contributed by atoms with Crippen molar-refractivity contribution < 1.29 is 14.3 Å². The van der Waals surface area contributed by atoms with Crippen molar-refractivity contribution >= 4 is 23.0 Å². The number of allylic oxidation sites excluding steroid dienone is 5. The molecule has 0 saturated heterocycles. The van der Waals surface area contributed by atoms with Crippen LogP contribution in [0.4, 0.5) is 15.8 Å². The highest BCUT2D eigenvalue weighted by Gasteiger charge is 2.24. The molecule has 7 nitrogen and oxygen atoms in total. The van der Waals surface area contributed by atoms with Gasteiger partial charge in [0.1, 0.15) is 5.82 Å². The van der Waals surface area contributed by atoms with E-state index in [9.17, 15) is 14.3 Å². The fourth-order valence-corrected chi connectivity index (χ4v) is 3.77. The van der Waals surface area contributed by atoms with Crippen molar-refractivity contribution in [2.75, 3.05) is 10.6 Å². The van der Waals surface area contributed by atoms with Gasteiger partial charge in [-0.05, 0) is 31.4 Å². The van der Waals surface area contributed by atoms with E-state index < -0.39 is 11.7 Å². The topological polar surface area (TPSA) is 137 Å². The van der Waals surface area contributed by atoms with E-state index in [1.54, 1.807) is 0 Å². The van der Waals surface area contributed by atoms with Crippen molar-refractivity contribution in [2.45, 2.75) is 44.2 Å². The molecule has 1 aromatic carbocycles. The maximum Gasteiger partial charge on any atom is 0.250 e. The molecular formula is C22H28FN5O2. The molecule has 8 N–H and O–H groups in total. The number of amides is 1. The van der Waals surface area contributed by atoms with Crippen molar-refractivity contribution in [3.05, 3.63) is 59.8 Å².